The van der Waals surface area contributed by atoms with Gasteiger partial charge in [-0.05, 0) is 41.5 Å². The van der Waals surface area contributed by atoms with Crippen molar-refractivity contribution in [2.24, 2.45) is 0 Å². The van der Waals surface area contributed by atoms with Gasteiger partial charge in [0.2, 0.25) is 0 Å². The predicted octanol–water partition coefficient (Wildman–Crippen LogP) is 3.79. The lowest BCUT2D eigenvalue weighted by Gasteiger charge is -2.20. The molecule has 0 saturated heterocycles. The maximum atomic E-state index is 5.33. The number of hydrogen-bond donors (Lipinski definition) is 0. The highest BCUT2D eigenvalue weighted by molar-refractivity contribution is 5.42. The van der Waals surface area contributed by atoms with Crippen molar-refractivity contribution in [3.8, 4) is 0 Å². The van der Waals surface area contributed by atoms with Crippen molar-refractivity contribution in [2.75, 3.05) is 6.54 Å². The quantitative estimate of drug-likeness (QED) is 0.666. The van der Waals surface area contributed by atoms with E-state index in [1.54, 1.807) is 18.7 Å². The van der Waals surface area contributed by atoms with E-state index in [4.69, 9.17) is 4.42 Å². The number of nitrogens with zero attached hydrogens (tertiary/aromatic N) is 3. The van der Waals surface area contributed by atoms with Crippen LogP contribution in [0.2, 0.25) is 0 Å². The molecule has 3 heterocycles. The van der Waals surface area contributed by atoms with Crippen LogP contribution in [-0.4, -0.2) is 21.4 Å². The average molecular weight is 305 g/mol. The average Bonchev–Trinajstić information content (AvgIpc) is 3.10. The van der Waals surface area contributed by atoms with E-state index in [0.717, 1.165) is 25.4 Å². The van der Waals surface area contributed by atoms with E-state index >= 15 is 0 Å². The van der Waals surface area contributed by atoms with Crippen molar-refractivity contribution in [2.45, 2.75) is 13.1 Å². The smallest absolute Gasteiger partial charge is 0.126 e. The molecular weight excluding hydrogens is 286 g/mol. The third-order valence-electron chi connectivity index (χ3n) is 3.45. The zero-order valence-electron chi connectivity index (χ0n) is 12.9. The molecule has 0 bridgehead atoms. The molecular formula is C19H19N3O. The maximum absolute atomic E-state index is 5.33. The Labute approximate surface area is 136 Å². The Morgan fingerprint density at radius 3 is 2.13 bits per heavy atom. The van der Waals surface area contributed by atoms with Gasteiger partial charge in [0.15, 0.2) is 0 Å². The topological polar surface area (TPSA) is 42.2 Å². The minimum atomic E-state index is 0.824. The van der Waals surface area contributed by atoms with Gasteiger partial charge in [-0.3, -0.25) is 14.9 Å². The third kappa shape index (κ3) is 4.90. The van der Waals surface area contributed by atoms with E-state index in [1.807, 2.05) is 42.7 Å². The molecule has 3 aromatic heterocycles. The monoisotopic (exact) mass is 305 g/mol. The van der Waals surface area contributed by atoms with Crippen LogP contribution in [0.5, 0.6) is 0 Å². The largest absolute Gasteiger partial charge is 0.465 e. The number of rotatable bonds is 7. The van der Waals surface area contributed by atoms with E-state index in [2.05, 4.69) is 33.1 Å². The van der Waals surface area contributed by atoms with Gasteiger partial charge in [0, 0.05) is 44.4 Å². The molecule has 3 aromatic rings. The SMILES string of the molecule is C(=Cc1ccco1)CN(Cc1cccnc1)Cc1cccnc1. The van der Waals surface area contributed by atoms with Gasteiger partial charge in [-0.2, -0.15) is 0 Å². The summed E-state index contributed by atoms with van der Waals surface area (Å²) in [7, 11) is 0. The molecule has 0 aliphatic heterocycles. The number of aromatic nitrogens is 2. The predicted molar refractivity (Wildman–Crippen MR) is 90.3 cm³/mol. The second-order valence-corrected chi connectivity index (χ2v) is 5.31. The van der Waals surface area contributed by atoms with E-state index in [-0.39, 0.29) is 0 Å². The fourth-order valence-corrected chi connectivity index (χ4v) is 2.39. The molecule has 4 nitrogen and oxygen atoms in total. The van der Waals surface area contributed by atoms with Crippen molar-refractivity contribution in [3.63, 3.8) is 0 Å². The summed E-state index contributed by atoms with van der Waals surface area (Å²) in [6, 6.07) is 12.0. The second kappa shape index (κ2) is 8.06. The lowest BCUT2D eigenvalue weighted by Crippen LogP contribution is -2.23. The molecule has 23 heavy (non-hydrogen) atoms. The van der Waals surface area contributed by atoms with Gasteiger partial charge in [-0.25, -0.2) is 0 Å². The van der Waals surface area contributed by atoms with Gasteiger partial charge >= 0.3 is 0 Å². The molecule has 0 unspecified atom stereocenters. The fraction of sp³-hybridized carbons (Fsp3) is 0.158. The highest BCUT2D eigenvalue weighted by atomic mass is 16.3. The first-order valence-corrected chi connectivity index (χ1v) is 7.60. The van der Waals surface area contributed by atoms with Crippen molar-refractivity contribution in [1.29, 1.82) is 0 Å². The molecule has 0 aromatic carbocycles. The summed E-state index contributed by atoms with van der Waals surface area (Å²) in [5.74, 6) is 0.868. The summed E-state index contributed by atoms with van der Waals surface area (Å²) in [5.41, 5.74) is 2.39. The molecule has 3 rings (SSSR count). The Hall–Kier alpha value is -2.72. The minimum absolute atomic E-state index is 0.824. The number of hydrogen-bond acceptors (Lipinski definition) is 4. The van der Waals surface area contributed by atoms with Crippen LogP contribution in [0.25, 0.3) is 6.08 Å². The molecule has 0 atom stereocenters. The number of pyridine rings is 2. The molecule has 4 heteroatoms. The molecule has 0 aliphatic carbocycles. The van der Waals surface area contributed by atoms with E-state index in [1.165, 1.54) is 11.1 Å². The summed E-state index contributed by atoms with van der Waals surface area (Å²) in [4.78, 5) is 10.7. The van der Waals surface area contributed by atoms with E-state index in [0.29, 0.717) is 0 Å². The zero-order valence-corrected chi connectivity index (χ0v) is 12.9. The maximum Gasteiger partial charge on any atom is 0.126 e. The van der Waals surface area contributed by atoms with Crippen LogP contribution in [-0.2, 0) is 13.1 Å². The minimum Gasteiger partial charge on any atom is -0.465 e. The highest BCUT2D eigenvalue weighted by Crippen LogP contribution is 2.10. The lowest BCUT2D eigenvalue weighted by atomic mass is 10.2. The summed E-state index contributed by atoms with van der Waals surface area (Å²) in [5, 5.41) is 0. The Morgan fingerprint density at radius 1 is 0.913 bits per heavy atom. The van der Waals surface area contributed by atoms with Crippen molar-refractivity contribution >= 4 is 6.08 Å². The normalized spacial score (nSPS) is 11.3. The summed E-state index contributed by atoms with van der Waals surface area (Å²) >= 11 is 0. The Balaban J connectivity index is 1.67. The molecule has 0 N–H and O–H groups in total. The molecule has 0 spiro atoms. The Kier molecular flexibility index (Phi) is 5.32. The van der Waals surface area contributed by atoms with Crippen molar-refractivity contribution in [3.05, 3.63) is 90.4 Å². The van der Waals surface area contributed by atoms with Gasteiger partial charge in [0.25, 0.3) is 0 Å². The van der Waals surface area contributed by atoms with Crippen molar-refractivity contribution in [1.82, 2.24) is 14.9 Å². The fourth-order valence-electron chi connectivity index (χ4n) is 2.39. The molecule has 0 aliphatic rings. The standard InChI is InChI=1S/C19H19N3O/c1-5-17(13-20-9-1)15-22(16-18-6-2-10-21-14-18)11-3-7-19-8-4-12-23-19/h1-10,12-14H,11,15-16H2. The lowest BCUT2D eigenvalue weighted by molar-refractivity contribution is 0.285. The Bertz CT molecular complexity index is 667. The highest BCUT2D eigenvalue weighted by Gasteiger charge is 2.06. The first-order valence-electron chi connectivity index (χ1n) is 7.60. The van der Waals surface area contributed by atoms with Crippen LogP contribution in [0.15, 0.2) is 77.9 Å². The van der Waals surface area contributed by atoms with E-state index < -0.39 is 0 Å². The summed E-state index contributed by atoms with van der Waals surface area (Å²) < 4.78 is 5.33. The van der Waals surface area contributed by atoms with E-state index in [9.17, 15) is 0 Å². The van der Waals surface area contributed by atoms with Gasteiger partial charge in [-0.1, -0.05) is 18.2 Å². The van der Waals surface area contributed by atoms with Gasteiger partial charge in [-0.15, -0.1) is 0 Å². The van der Waals surface area contributed by atoms with Crippen LogP contribution < -0.4 is 0 Å². The number of furan rings is 1. The van der Waals surface area contributed by atoms with Crippen LogP contribution in [0.4, 0.5) is 0 Å². The molecule has 116 valence electrons. The summed E-state index contributed by atoms with van der Waals surface area (Å²) in [6.45, 7) is 2.50. The van der Waals surface area contributed by atoms with Crippen LogP contribution >= 0.6 is 0 Å². The van der Waals surface area contributed by atoms with Gasteiger partial charge < -0.3 is 4.42 Å². The summed E-state index contributed by atoms with van der Waals surface area (Å²) in [6.07, 6.45) is 13.2. The first-order chi connectivity index (χ1) is 11.4. The molecule has 0 fully saturated rings. The second-order valence-electron chi connectivity index (χ2n) is 5.31. The molecule has 0 amide bonds. The first kappa shape index (κ1) is 15.2. The van der Waals surface area contributed by atoms with Crippen molar-refractivity contribution < 1.29 is 4.42 Å². The van der Waals surface area contributed by atoms with Crippen LogP contribution in [0, 0.1) is 0 Å². The van der Waals surface area contributed by atoms with Crippen LogP contribution in [0.1, 0.15) is 16.9 Å². The third-order valence-corrected chi connectivity index (χ3v) is 3.45. The van der Waals surface area contributed by atoms with Gasteiger partial charge in [0.05, 0.1) is 6.26 Å². The molecule has 0 saturated carbocycles. The van der Waals surface area contributed by atoms with Crippen LogP contribution in [0.3, 0.4) is 0 Å². The van der Waals surface area contributed by atoms with Gasteiger partial charge in [0.1, 0.15) is 5.76 Å². The Morgan fingerprint density at radius 2 is 1.61 bits per heavy atom. The molecule has 0 radical (unpaired) electrons. The zero-order chi connectivity index (χ0) is 15.7.